The minimum atomic E-state index is 0.819. The molecule has 1 aromatic heterocycles. The van der Waals surface area contributed by atoms with E-state index in [1.165, 1.54) is 48.2 Å². The summed E-state index contributed by atoms with van der Waals surface area (Å²) in [5.74, 6) is 0.819. The highest BCUT2D eigenvalue weighted by atomic mass is 15.1. The van der Waals surface area contributed by atoms with E-state index in [4.69, 9.17) is 0 Å². The molecule has 1 N–H and O–H groups in total. The standard InChI is InChI=1S/C18H27N3/c1-4-21-10-9-15(13-21)11-19-12-18-14(2)16-7-5-6-8-17(16)20(18)3/h5-8,15,19H,4,9-13H2,1-3H3. The van der Waals surface area contributed by atoms with Crippen molar-refractivity contribution in [3.05, 3.63) is 35.5 Å². The number of likely N-dealkylation sites (tertiary alicyclic amines) is 1. The van der Waals surface area contributed by atoms with Crippen LogP contribution in [0.15, 0.2) is 24.3 Å². The lowest BCUT2D eigenvalue weighted by molar-refractivity contribution is 0.338. The van der Waals surface area contributed by atoms with Crippen LogP contribution in [0.2, 0.25) is 0 Å². The summed E-state index contributed by atoms with van der Waals surface area (Å²) >= 11 is 0. The first kappa shape index (κ1) is 14.6. The molecule has 3 rings (SSSR count). The van der Waals surface area contributed by atoms with Gasteiger partial charge in [-0.3, -0.25) is 0 Å². The number of hydrogen-bond acceptors (Lipinski definition) is 2. The SMILES string of the molecule is CCN1CCC(CNCc2c(C)c3ccccc3n2C)C1. The molecule has 21 heavy (non-hydrogen) atoms. The lowest BCUT2D eigenvalue weighted by Crippen LogP contribution is -2.26. The molecule has 0 aliphatic carbocycles. The number of hydrogen-bond donors (Lipinski definition) is 1. The van der Waals surface area contributed by atoms with Crippen LogP contribution in [0.5, 0.6) is 0 Å². The van der Waals surface area contributed by atoms with Crippen molar-refractivity contribution in [3.63, 3.8) is 0 Å². The van der Waals surface area contributed by atoms with Crippen molar-refractivity contribution in [2.24, 2.45) is 13.0 Å². The Morgan fingerprint density at radius 2 is 2.10 bits per heavy atom. The van der Waals surface area contributed by atoms with Crippen molar-refractivity contribution in [1.29, 1.82) is 0 Å². The summed E-state index contributed by atoms with van der Waals surface area (Å²) in [4.78, 5) is 2.55. The monoisotopic (exact) mass is 285 g/mol. The molecule has 0 bridgehead atoms. The molecule has 0 saturated carbocycles. The molecule has 3 nitrogen and oxygen atoms in total. The van der Waals surface area contributed by atoms with E-state index in [-0.39, 0.29) is 0 Å². The third-order valence-corrected chi connectivity index (χ3v) is 5.05. The number of rotatable bonds is 5. The van der Waals surface area contributed by atoms with E-state index in [2.05, 4.69) is 59.9 Å². The van der Waals surface area contributed by atoms with Crippen LogP contribution in [0.4, 0.5) is 0 Å². The summed E-state index contributed by atoms with van der Waals surface area (Å²) < 4.78 is 2.34. The summed E-state index contributed by atoms with van der Waals surface area (Å²) in [6.45, 7) is 10.3. The maximum absolute atomic E-state index is 3.68. The van der Waals surface area contributed by atoms with E-state index in [1.54, 1.807) is 0 Å². The summed E-state index contributed by atoms with van der Waals surface area (Å²) in [5, 5.41) is 5.07. The number of aryl methyl sites for hydroxylation is 2. The fourth-order valence-corrected chi connectivity index (χ4v) is 3.65. The van der Waals surface area contributed by atoms with Gasteiger partial charge in [-0.15, -0.1) is 0 Å². The van der Waals surface area contributed by atoms with Crippen molar-refractivity contribution in [2.75, 3.05) is 26.2 Å². The second kappa shape index (κ2) is 6.20. The molecular weight excluding hydrogens is 258 g/mol. The summed E-state index contributed by atoms with van der Waals surface area (Å²) in [6.07, 6.45) is 1.34. The Morgan fingerprint density at radius 3 is 2.81 bits per heavy atom. The molecule has 0 spiro atoms. The number of nitrogens with zero attached hydrogens (tertiary/aromatic N) is 2. The molecular formula is C18H27N3. The van der Waals surface area contributed by atoms with E-state index in [0.29, 0.717) is 0 Å². The fourth-order valence-electron chi connectivity index (χ4n) is 3.65. The second-order valence-electron chi connectivity index (χ2n) is 6.33. The average Bonchev–Trinajstić information content (AvgIpc) is 3.06. The highest BCUT2D eigenvalue weighted by Gasteiger charge is 2.20. The van der Waals surface area contributed by atoms with Gasteiger partial charge in [0.2, 0.25) is 0 Å². The van der Waals surface area contributed by atoms with Gasteiger partial charge in [-0.25, -0.2) is 0 Å². The van der Waals surface area contributed by atoms with E-state index in [0.717, 1.165) is 19.0 Å². The molecule has 0 amide bonds. The number of aromatic nitrogens is 1. The first-order chi connectivity index (χ1) is 10.2. The van der Waals surface area contributed by atoms with Gasteiger partial charge in [0, 0.05) is 36.7 Å². The van der Waals surface area contributed by atoms with Gasteiger partial charge in [0.05, 0.1) is 0 Å². The zero-order chi connectivity index (χ0) is 14.8. The zero-order valence-electron chi connectivity index (χ0n) is 13.5. The number of benzene rings is 1. The van der Waals surface area contributed by atoms with Gasteiger partial charge < -0.3 is 14.8 Å². The van der Waals surface area contributed by atoms with Crippen molar-refractivity contribution in [3.8, 4) is 0 Å². The molecule has 1 saturated heterocycles. The smallest absolute Gasteiger partial charge is 0.0483 e. The maximum atomic E-state index is 3.68. The van der Waals surface area contributed by atoms with Gasteiger partial charge in [-0.05, 0) is 50.5 Å². The van der Waals surface area contributed by atoms with Crippen LogP contribution in [0.25, 0.3) is 10.9 Å². The van der Waals surface area contributed by atoms with Crippen LogP contribution in [0.3, 0.4) is 0 Å². The molecule has 1 unspecified atom stereocenters. The molecule has 1 aliphatic heterocycles. The predicted molar refractivity (Wildman–Crippen MR) is 89.6 cm³/mol. The van der Waals surface area contributed by atoms with Crippen molar-refractivity contribution in [1.82, 2.24) is 14.8 Å². The van der Waals surface area contributed by atoms with Crippen molar-refractivity contribution >= 4 is 10.9 Å². The quantitative estimate of drug-likeness (QED) is 0.911. The van der Waals surface area contributed by atoms with Crippen molar-refractivity contribution in [2.45, 2.75) is 26.8 Å². The first-order valence-corrected chi connectivity index (χ1v) is 8.16. The minimum Gasteiger partial charge on any atom is -0.346 e. The Kier molecular flexibility index (Phi) is 4.32. The largest absolute Gasteiger partial charge is 0.346 e. The van der Waals surface area contributed by atoms with E-state index in [1.807, 2.05) is 0 Å². The van der Waals surface area contributed by atoms with Gasteiger partial charge in [0.25, 0.3) is 0 Å². The zero-order valence-corrected chi connectivity index (χ0v) is 13.5. The topological polar surface area (TPSA) is 20.2 Å². The maximum Gasteiger partial charge on any atom is 0.0483 e. The molecule has 2 heterocycles. The lowest BCUT2D eigenvalue weighted by Gasteiger charge is -2.14. The highest BCUT2D eigenvalue weighted by molar-refractivity contribution is 5.85. The molecule has 1 fully saturated rings. The van der Waals surface area contributed by atoms with E-state index < -0.39 is 0 Å². The third-order valence-electron chi connectivity index (χ3n) is 5.05. The molecule has 1 aromatic carbocycles. The Hall–Kier alpha value is -1.32. The Balaban J connectivity index is 1.63. The number of nitrogens with one attached hydrogen (secondary N) is 1. The minimum absolute atomic E-state index is 0.819. The van der Waals surface area contributed by atoms with Crippen LogP contribution in [0, 0.1) is 12.8 Å². The fraction of sp³-hybridized carbons (Fsp3) is 0.556. The third kappa shape index (κ3) is 2.85. The second-order valence-corrected chi connectivity index (χ2v) is 6.33. The summed E-state index contributed by atoms with van der Waals surface area (Å²) in [7, 11) is 2.18. The number of fused-ring (bicyclic) bond motifs is 1. The summed E-state index contributed by atoms with van der Waals surface area (Å²) in [5.41, 5.74) is 4.17. The predicted octanol–water partition coefficient (Wildman–Crippen LogP) is 2.92. The number of para-hydroxylation sites is 1. The van der Waals surface area contributed by atoms with Gasteiger partial charge >= 0.3 is 0 Å². The summed E-state index contributed by atoms with van der Waals surface area (Å²) in [6, 6.07) is 8.69. The molecule has 2 aromatic rings. The van der Waals surface area contributed by atoms with Crippen LogP contribution < -0.4 is 5.32 Å². The highest BCUT2D eigenvalue weighted by Crippen LogP contribution is 2.24. The van der Waals surface area contributed by atoms with E-state index >= 15 is 0 Å². The normalized spacial score (nSPS) is 19.7. The van der Waals surface area contributed by atoms with Crippen LogP contribution in [-0.2, 0) is 13.6 Å². The van der Waals surface area contributed by atoms with Crippen LogP contribution in [0.1, 0.15) is 24.6 Å². The Bertz CT molecular complexity index is 575. The Morgan fingerprint density at radius 1 is 1.29 bits per heavy atom. The average molecular weight is 285 g/mol. The van der Waals surface area contributed by atoms with Crippen molar-refractivity contribution < 1.29 is 0 Å². The van der Waals surface area contributed by atoms with Gasteiger partial charge in [0.1, 0.15) is 0 Å². The van der Waals surface area contributed by atoms with Crippen LogP contribution >= 0.6 is 0 Å². The molecule has 1 aliphatic rings. The van der Waals surface area contributed by atoms with E-state index in [9.17, 15) is 0 Å². The molecule has 3 heteroatoms. The van der Waals surface area contributed by atoms with Crippen LogP contribution in [-0.4, -0.2) is 35.6 Å². The van der Waals surface area contributed by atoms with Gasteiger partial charge in [-0.1, -0.05) is 25.1 Å². The first-order valence-electron chi connectivity index (χ1n) is 8.16. The lowest BCUT2D eigenvalue weighted by atomic mass is 10.1. The van der Waals surface area contributed by atoms with Gasteiger partial charge in [-0.2, -0.15) is 0 Å². The molecule has 114 valence electrons. The Labute approximate surface area is 127 Å². The van der Waals surface area contributed by atoms with Gasteiger partial charge in [0.15, 0.2) is 0 Å². The molecule has 0 radical (unpaired) electrons. The molecule has 1 atom stereocenters.